The molecule has 0 bridgehead atoms. The van der Waals surface area contributed by atoms with Gasteiger partial charge >= 0.3 is 0 Å². The number of piperazine rings is 1. The monoisotopic (exact) mass is 430 g/mol. The van der Waals surface area contributed by atoms with Crippen molar-refractivity contribution in [1.29, 1.82) is 0 Å². The number of hydrogen-bond donors (Lipinski definition) is 1. The van der Waals surface area contributed by atoms with Gasteiger partial charge in [-0.05, 0) is 41.8 Å². The largest absolute Gasteiger partial charge is 0.493 e. The van der Waals surface area contributed by atoms with Gasteiger partial charge in [0.1, 0.15) is 12.7 Å². The minimum Gasteiger partial charge on any atom is -0.493 e. The molecule has 0 unspecified atom stereocenters. The zero-order valence-corrected chi connectivity index (χ0v) is 18.4. The van der Waals surface area contributed by atoms with Crippen LogP contribution in [-0.4, -0.2) is 67.5 Å². The number of ether oxygens (including phenoxy) is 2. The SMILES string of the molecule is C=CCc1ccc(OC[C@H](O)CN2CCN(Cc3ccc(Cl)cc3)CC2)c(OC)c1. The third kappa shape index (κ3) is 6.74. The maximum Gasteiger partial charge on any atom is 0.161 e. The van der Waals surface area contributed by atoms with Crippen molar-refractivity contribution in [3.63, 3.8) is 0 Å². The zero-order chi connectivity index (χ0) is 21.3. The van der Waals surface area contributed by atoms with Gasteiger partial charge in [0.15, 0.2) is 11.5 Å². The van der Waals surface area contributed by atoms with Crippen LogP contribution in [0.5, 0.6) is 11.5 Å². The Labute approximate surface area is 184 Å². The number of β-amino-alcohol motifs (C(OH)–C–C–N with tert-alkyl or cyclic N) is 1. The van der Waals surface area contributed by atoms with Crippen molar-refractivity contribution < 1.29 is 14.6 Å². The fourth-order valence-corrected chi connectivity index (χ4v) is 3.77. The molecule has 0 saturated carbocycles. The van der Waals surface area contributed by atoms with Crippen LogP contribution in [0.1, 0.15) is 11.1 Å². The van der Waals surface area contributed by atoms with Crippen LogP contribution >= 0.6 is 11.6 Å². The average molecular weight is 431 g/mol. The van der Waals surface area contributed by atoms with Crippen LogP contribution in [0.3, 0.4) is 0 Å². The number of aliphatic hydroxyl groups is 1. The van der Waals surface area contributed by atoms with Gasteiger partial charge in [0, 0.05) is 44.3 Å². The minimum absolute atomic E-state index is 0.238. The van der Waals surface area contributed by atoms with Gasteiger partial charge in [-0.1, -0.05) is 35.9 Å². The van der Waals surface area contributed by atoms with Crippen LogP contribution in [0, 0.1) is 0 Å². The van der Waals surface area contributed by atoms with E-state index in [1.54, 1.807) is 7.11 Å². The van der Waals surface area contributed by atoms with Crippen LogP contribution < -0.4 is 9.47 Å². The molecule has 1 N–H and O–H groups in total. The molecule has 1 fully saturated rings. The summed E-state index contributed by atoms with van der Waals surface area (Å²) in [5, 5.41) is 11.2. The lowest BCUT2D eigenvalue weighted by Crippen LogP contribution is -2.48. The van der Waals surface area contributed by atoms with Crippen molar-refractivity contribution in [2.45, 2.75) is 19.1 Å². The van der Waals surface area contributed by atoms with E-state index in [2.05, 4.69) is 28.5 Å². The standard InChI is InChI=1S/C24H31ClN2O3/c1-3-4-19-7-10-23(24(15-19)29-2)30-18-22(28)17-27-13-11-26(12-14-27)16-20-5-8-21(25)9-6-20/h3,5-10,15,22,28H,1,4,11-14,16-18H2,2H3/t22-/m1/s1. The summed E-state index contributed by atoms with van der Waals surface area (Å²) < 4.78 is 11.2. The molecule has 6 heteroatoms. The van der Waals surface area contributed by atoms with Crippen molar-refractivity contribution in [1.82, 2.24) is 9.80 Å². The van der Waals surface area contributed by atoms with E-state index < -0.39 is 6.10 Å². The van der Waals surface area contributed by atoms with Gasteiger partial charge in [-0.2, -0.15) is 0 Å². The second-order valence-electron chi connectivity index (χ2n) is 7.65. The number of rotatable bonds is 10. The first kappa shape index (κ1) is 22.6. The van der Waals surface area contributed by atoms with Crippen molar-refractivity contribution in [2.24, 2.45) is 0 Å². The first-order valence-corrected chi connectivity index (χ1v) is 10.7. The number of halogens is 1. The second-order valence-corrected chi connectivity index (χ2v) is 8.08. The molecule has 0 amide bonds. The molecular formula is C24H31ClN2O3. The normalized spacial score (nSPS) is 16.2. The summed E-state index contributed by atoms with van der Waals surface area (Å²) in [6, 6.07) is 13.9. The van der Waals surface area contributed by atoms with Gasteiger partial charge in [-0.25, -0.2) is 0 Å². The molecule has 162 valence electrons. The van der Waals surface area contributed by atoms with E-state index >= 15 is 0 Å². The van der Waals surface area contributed by atoms with Crippen molar-refractivity contribution in [2.75, 3.05) is 46.4 Å². The Bertz CT molecular complexity index is 805. The van der Waals surface area contributed by atoms with Crippen molar-refractivity contribution >= 4 is 11.6 Å². The summed E-state index contributed by atoms with van der Waals surface area (Å²) in [4.78, 5) is 4.72. The maximum absolute atomic E-state index is 10.4. The third-order valence-electron chi connectivity index (χ3n) is 5.29. The lowest BCUT2D eigenvalue weighted by atomic mass is 10.1. The molecule has 2 aromatic rings. The Hall–Kier alpha value is -2.05. The Balaban J connectivity index is 1.41. The van der Waals surface area contributed by atoms with E-state index in [0.717, 1.165) is 49.7 Å². The molecule has 1 aliphatic heterocycles. The van der Waals surface area contributed by atoms with E-state index in [9.17, 15) is 5.11 Å². The minimum atomic E-state index is -0.551. The van der Waals surface area contributed by atoms with Gasteiger partial charge < -0.3 is 14.6 Å². The highest BCUT2D eigenvalue weighted by molar-refractivity contribution is 6.30. The molecule has 0 aliphatic carbocycles. The molecule has 0 radical (unpaired) electrons. The lowest BCUT2D eigenvalue weighted by molar-refractivity contribution is 0.0440. The van der Waals surface area contributed by atoms with E-state index in [1.807, 2.05) is 36.4 Å². The van der Waals surface area contributed by atoms with Crippen molar-refractivity contribution in [3.8, 4) is 11.5 Å². The first-order chi connectivity index (χ1) is 14.6. The van der Waals surface area contributed by atoms with Gasteiger partial charge in [0.25, 0.3) is 0 Å². The van der Waals surface area contributed by atoms with Crippen LogP contribution in [0.2, 0.25) is 5.02 Å². The summed E-state index contributed by atoms with van der Waals surface area (Å²) in [5.74, 6) is 1.33. The number of aliphatic hydroxyl groups excluding tert-OH is 1. The van der Waals surface area contributed by atoms with Gasteiger partial charge in [0.05, 0.1) is 7.11 Å². The van der Waals surface area contributed by atoms with Crippen LogP contribution in [0.4, 0.5) is 0 Å². The fourth-order valence-electron chi connectivity index (χ4n) is 3.64. The van der Waals surface area contributed by atoms with Crippen LogP contribution in [-0.2, 0) is 13.0 Å². The molecule has 0 aromatic heterocycles. The van der Waals surface area contributed by atoms with Crippen LogP contribution in [0.25, 0.3) is 0 Å². The molecule has 5 nitrogen and oxygen atoms in total. The topological polar surface area (TPSA) is 45.2 Å². The highest BCUT2D eigenvalue weighted by Gasteiger charge is 2.20. The highest BCUT2D eigenvalue weighted by Crippen LogP contribution is 2.28. The smallest absolute Gasteiger partial charge is 0.161 e. The Morgan fingerprint density at radius 2 is 1.70 bits per heavy atom. The zero-order valence-electron chi connectivity index (χ0n) is 17.6. The van der Waals surface area contributed by atoms with E-state index in [1.165, 1.54) is 5.56 Å². The Kier molecular flexibility index (Phi) is 8.58. The number of methoxy groups -OCH3 is 1. The summed E-state index contributed by atoms with van der Waals surface area (Å²) in [5.41, 5.74) is 2.39. The molecule has 3 rings (SSSR count). The summed E-state index contributed by atoms with van der Waals surface area (Å²) in [7, 11) is 1.62. The third-order valence-corrected chi connectivity index (χ3v) is 5.54. The Morgan fingerprint density at radius 3 is 2.37 bits per heavy atom. The number of hydrogen-bond acceptors (Lipinski definition) is 5. The molecule has 1 atom stereocenters. The molecule has 1 saturated heterocycles. The predicted octanol–water partition coefficient (Wildman–Crippen LogP) is 3.63. The number of benzene rings is 2. The van der Waals surface area contributed by atoms with E-state index in [0.29, 0.717) is 18.0 Å². The van der Waals surface area contributed by atoms with Gasteiger partial charge in [-0.15, -0.1) is 6.58 Å². The number of nitrogens with zero attached hydrogens (tertiary/aromatic N) is 2. The maximum atomic E-state index is 10.4. The predicted molar refractivity (Wildman–Crippen MR) is 122 cm³/mol. The van der Waals surface area contributed by atoms with Crippen LogP contribution in [0.15, 0.2) is 55.1 Å². The second kappa shape index (κ2) is 11.4. The molecule has 1 heterocycles. The Morgan fingerprint density at radius 1 is 1.03 bits per heavy atom. The first-order valence-electron chi connectivity index (χ1n) is 10.3. The molecule has 1 aliphatic rings. The van der Waals surface area contributed by atoms with Crippen molar-refractivity contribution in [3.05, 3.63) is 71.3 Å². The lowest BCUT2D eigenvalue weighted by Gasteiger charge is -2.35. The molecular weight excluding hydrogens is 400 g/mol. The fraction of sp³-hybridized carbons (Fsp3) is 0.417. The quantitative estimate of drug-likeness (QED) is 0.583. The molecule has 30 heavy (non-hydrogen) atoms. The van der Waals surface area contributed by atoms with E-state index in [4.69, 9.17) is 21.1 Å². The number of allylic oxidation sites excluding steroid dienone is 1. The van der Waals surface area contributed by atoms with E-state index in [-0.39, 0.29) is 6.61 Å². The van der Waals surface area contributed by atoms with Gasteiger partial charge in [-0.3, -0.25) is 9.80 Å². The molecule has 0 spiro atoms. The summed E-state index contributed by atoms with van der Waals surface area (Å²) in [6.45, 7) is 9.36. The van der Waals surface area contributed by atoms with Gasteiger partial charge in [0.2, 0.25) is 0 Å². The highest BCUT2D eigenvalue weighted by atomic mass is 35.5. The summed E-state index contributed by atoms with van der Waals surface area (Å²) >= 11 is 5.96. The molecule has 2 aromatic carbocycles. The summed E-state index contributed by atoms with van der Waals surface area (Å²) in [6.07, 6.45) is 2.09. The average Bonchev–Trinajstić information content (AvgIpc) is 2.76.